The second kappa shape index (κ2) is 7.50. The van der Waals surface area contributed by atoms with Crippen molar-refractivity contribution in [3.63, 3.8) is 0 Å². The minimum atomic E-state index is -2.14. The largest absolute Gasteiger partial charge is 0.543 e. The van der Waals surface area contributed by atoms with E-state index in [1.165, 1.54) is 0 Å². The summed E-state index contributed by atoms with van der Waals surface area (Å²) in [4.78, 5) is 13.3. The van der Waals surface area contributed by atoms with E-state index in [1.807, 2.05) is 18.2 Å². The average Bonchev–Trinajstić information content (AvgIpc) is 3.08. The predicted molar refractivity (Wildman–Crippen MR) is 137 cm³/mol. The third-order valence-corrected chi connectivity index (χ3v) is 12.0. The Morgan fingerprint density at radius 1 is 0.971 bits per heavy atom. The first-order valence-corrected chi connectivity index (χ1v) is 14.6. The lowest BCUT2D eigenvalue weighted by molar-refractivity contribution is 0.0386. The van der Waals surface area contributed by atoms with Crippen molar-refractivity contribution >= 4 is 25.1 Å². The van der Waals surface area contributed by atoms with Gasteiger partial charge in [0.05, 0.1) is 19.8 Å². The van der Waals surface area contributed by atoms with Gasteiger partial charge in [0.1, 0.15) is 23.4 Å². The number of esters is 1. The Morgan fingerprint density at radius 2 is 1.65 bits per heavy atom. The molecule has 1 heterocycles. The molecule has 2 aliphatic rings. The lowest BCUT2D eigenvalue weighted by Gasteiger charge is -2.37. The number of ether oxygens (including phenoxy) is 3. The molecule has 0 spiro atoms. The van der Waals surface area contributed by atoms with Gasteiger partial charge in [-0.1, -0.05) is 26.8 Å². The zero-order valence-corrected chi connectivity index (χ0v) is 22.2. The molecule has 1 atom stereocenters. The molecular formula is C28H32O5Si. The summed E-state index contributed by atoms with van der Waals surface area (Å²) in [6.45, 7) is 13.2. The van der Waals surface area contributed by atoms with Crippen LogP contribution in [0.25, 0.3) is 21.9 Å². The Labute approximate surface area is 202 Å². The highest BCUT2D eigenvalue weighted by molar-refractivity contribution is 6.74. The van der Waals surface area contributed by atoms with Crippen molar-refractivity contribution in [1.29, 1.82) is 0 Å². The van der Waals surface area contributed by atoms with E-state index < -0.39 is 8.32 Å². The zero-order chi connectivity index (χ0) is 24.6. The summed E-state index contributed by atoms with van der Waals surface area (Å²) in [5, 5.41) is 1.66. The Morgan fingerprint density at radius 3 is 2.29 bits per heavy atom. The number of hydrogen-bond acceptors (Lipinski definition) is 5. The quantitative estimate of drug-likeness (QED) is 0.300. The van der Waals surface area contributed by atoms with Crippen molar-refractivity contribution in [3.8, 4) is 28.4 Å². The van der Waals surface area contributed by atoms with Crippen LogP contribution in [0.5, 0.6) is 17.2 Å². The van der Waals surface area contributed by atoms with E-state index in [4.69, 9.17) is 18.6 Å². The minimum absolute atomic E-state index is 0.0294. The van der Waals surface area contributed by atoms with Gasteiger partial charge in [-0.3, -0.25) is 0 Å². The summed E-state index contributed by atoms with van der Waals surface area (Å²) in [6, 6.07) is 10.2. The van der Waals surface area contributed by atoms with Crippen molar-refractivity contribution in [2.75, 3.05) is 14.2 Å². The summed E-state index contributed by atoms with van der Waals surface area (Å²) >= 11 is 0. The number of hydrogen-bond donors (Lipinski definition) is 0. The molecule has 0 fully saturated rings. The molecule has 0 radical (unpaired) electrons. The van der Waals surface area contributed by atoms with Gasteiger partial charge < -0.3 is 18.6 Å². The Bertz CT molecular complexity index is 1350. The third kappa shape index (κ3) is 3.22. The van der Waals surface area contributed by atoms with Crippen LogP contribution in [0, 0.1) is 6.92 Å². The van der Waals surface area contributed by atoms with Gasteiger partial charge in [-0.15, -0.1) is 0 Å². The van der Waals surface area contributed by atoms with Gasteiger partial charge >= 0.3 is 5.97 Å². The first kappa shape index (κ1) is 22.8. The maximum Gasteiger partial charge on any atom is 0.339 e. The number of benzene rings is 3. The number of carbonyl (C=O) groups excluding carboxylic acids is 1. The Balaban J connectivity index is 1.87. The zero-order valence-electron chi connectivity index (χ0n) is 21.2. The van der Waals surface area contributed by atoms with E-state index in [0.29, 0.717) is 17.7 Å². The van der Waals surface area contributed by atoms with Crippen LogP contribution in [0.15, 0.2) is 30.3 Å². The highest BCUT2D eigenvalue weighted by Gasteiger charge is 2.43. The van der Waals surface area contributed by atoms with Crippen LogP contribution >= 0.6 is 0 Å². The maximum absolute atomic E-state index is 13.3. The topological polar surface area (TPSA) is 54.0 Å². The van der Waals surface area contributed by atoms with Crippen LogP contribution in [0.3, 0.4) is 0 Å². The average molecular weight is 477 g/mol. The van der Waals surface area contributed by atoms with E-state index in [1.54, 1.807) is 14.2 Å². The molecular weight excluding hydrogens is 444 g/mol. The molecule has 0 N–H and O–H groups in total. The van der Waals surface area contributed by atoms with E-state index >= 15 is 0 Å². The molecule has 0 bridgehead atoms. The Kier molecular flexibility index (Phi) is 5.03. The molecule has 1 aliphatic carbocycles. The molecule has 0 aromatic heterocycles. The number of methoxy groups -OCH3 is 2. The summed E-state index contributed by atoms with van der Waals surface area (Å²) < 4.78 is 24.2. The number of rotatable bonds is 4. The molecule has 1 aliphatic heterocycles. The monoisotopic (exact) mass is 476 g/mol. The van der Waals surface area contributed by atoms with Gasteiger partial charge in [-0.2, -0.15) is 0 Å². The number of carbonyl (C=O) groups is 1. The first-order chi connectivity index (χ1) is 16.0. The second-order valence-electron chi connectivity index (χ2n) is 10.9. The van der Waals surface area contributed by atoms with Crippen LogP contribution < -0.4 is 13.9 Å². The lowest BCUT2D eigenvalue weighted by Crippen LogP contribution is -2.43. The second-order valence-corrected chi connectivity index (χ2v) is 15.6. The van der Waals surface area contributed by atoms with Crippen molar-refractivity contribution in [2.24, 2.45) is 0 Å². The summed E-state index contributed by atoms with van der Waals surface area (Å²) in [6.07, 6.45) is 0.322. The molecule has 1 unspecified atom stereocenters. The minimum Gasteiger partial charge on any atom is -0.543 e. The standard InChI is InChI=1S/C28H32O5Si/c1-15-11-16-13-22-25-18(23(16)21(12-15)31-6)14-17-19(33-34(7,8)28(2,3)4)9-10-20(30-5)24(17)26(25)27(29)32-22/h9-12,14,22H,13H2,1-8H3. The van der Waals surface area contributed by atoms with Gasteiger partial charge in [0.2, 0.25) is 0 Å². The van der Waals surface area contributed by atoms with Gasteiger partial charge in [0.25, 0.3) is 8.32 Å². The molecule has 5 rings (SSSR count). The van der Waals surface area contributed by atoms with Crippen molar-refractivity contribution in [1.82, 2.24) is 0 Å². The van der Waals surface area contributed by atoms with Crippen molar-refractivity contribution < 1.29 is 23.4 Å². The fraction of sp³-hybridized carbons (Fsp3) is 0.393. The highest BCUT2D eigenvalue weighted by atomic mass is 28.4. The summed E-state index contributed by atoms with van der Waals surface area (Å²) in [5.74, 6) is 1.92. The smallest absolute Gasteiger partial charge is 0.339 e. The molecule has 0 amide bonds. The molecule has 0 saturated heterocycles. The van der Waals surface area contributed by atoms with E-state index in [2.05, 4.69) is 52.9 Å². The van der Waals surface area contributed by atoms with E-state index in [-0.39, 0.29) is 17.1 Å². The molecule has 3 aromatic rings. The number of fused-ring (bicyclic) bond motifs is 4. The highest BCUT2D eigenvalue weighted by Crippen LogP contribution is 2.54. The van der Waals surface area contributed by atoms with Crippen LogP contribution in [-0.2, 0) is 11.2 Å². The summed E-state index contributed by atoms with van der Waals surface area (Å²) in [7, 11) is 1.19. The first-order valence-electron chi connectivity index (χ1n) is 11.7. The molecule has 0 saturated carbocycles. The van der Waals surface area contributed by atoms with Gasteiger partial charge in [-0.05, 0) is 66.0 Å². The maximum atomic E-state index is 13.3. The normalized spacial score (nSPS) is 16.7. The molecule has 178 valence electrons. The van der Waals surface area contributed by atoms with Crippen LogP contribution in [0.1, 0.15) is 53.9 Å². The molecule has 6 heteroatoms. The van der Waals surface area contributed by atoms with Gasteiger partial charge in [-0.25, -0.2) is 4.79 Å². The molecule has 34 heavy (non-hydrogen) atoms. The predicted octanol–water partition coefficient (Wildman–Crippen LogP) is 6.98. The number of aryl methyl sites for hydroxylation is 1. The van der Waals surface area contributed by atoms with Crippen LogP contribution in [0.2, 0.25) is 18.1 Å². The molecule has 5 nitrogen and oxygen atoms in total. The fourth-order valence-electron chi connectivity index (χ4n) is 4.96. The van der Waals surface area contributed by atoms with E-state index in [0.717, 1.165) is 50.1 Å². The van der Waals surface area contributed by atoms with Crippen LogP contribution in [-0.4, -0.2) is 28.5 Å². The van der Waals surface area contributed by atoms with Gasteiger partial charge in [0, 0.05) is 28.3 Å². The van der Waals surface area contributed by atoms with Crippen molar-refractivity contribution in [3.05, 3.63) is 52.6 Å². The fourth-order valence-corrected chi connectivity index (χ4v) is 5.99. The third-order valence-electron chi connectivity index (χ3n) is 7.65. The Hall–Kier alpha value is -2.99. The van der Waals surface area contributed by atoms with E-state index in [9.17, 15) is 4.79 Å². The molecule has 3 aromatic carbocycles. The van der Waals surface area contributed by atoms with Crippen LogP contribution in [0.4, 0.5) is 0 Å². The van der Waals surface area contributed by atoms with Gasteiger partial charge in [0.15, 0.2) is 0 Å². The van der Waals surface area contributed by atoms with Crippen molar-refractivity contribution in [2.45, 2.75) is 58.4 Å². The summed E-state index contributed by atoms with van der Waals surface area (Å²) in [5.41, 5.74) is 5.77. The SMILES string of the molecule is COc1cc(C)cc2c1-c1cc3c(O[Si](C)(C)C(C)(C)C)ccc(OC)c3c3c1C(C2)OC3=O. The lowest BCUT2D eigenvalue weighted by atomic mass is 9.79.